The van der Waals surface area contributed by atoms with E-state index in [1.54, 1.807) is 6.08 Å². The molecular formula is C26H33N3O3. The summed E-state index contributed by atoms with van der Waals surface area (Å²) in [5.74, 6) is 0.895. The zero-order valence-electron chi connectivity index (χ0n) is 19.2. The van der Waals surface area contributed by atoms with E-state index in [1.165, 1.54) is 5.56 Å². The number of benzene rings is 1. The van der Waals surface area contributed by atoms with Gasteiger partial charge in [0, 0.05) is 36.6 Å². The molecule has 6 nitrogen and oxygen atoms in total. The van der Waals surface area contributed by atoms with E-state index in [2.05, 4.69) is 55.3 Å². The van der Waals surface area contributed by atoms with Gasteiger partial charge in [-0.05, 0) is 37.0 Å². The summed E-state index contributed by atoms with van der Waals surface area (Å²) in [4.78, 5) is 9.57. The van der Waals surface area contributed by atoms with Crippen LogP contribution in [0.15, 0.2) is 42.5 Å². The van der Waals surface area contributed by atoms with E-state index in [0.717, 1.165) is 33.6 Å². The Labute approximate surface area is 189 Å². The van der Waals surface area contributed by atoms with Crippen molar-refractivity contribution in [3.63, 3.8) is 0 Å². The van der Waals surface area contributed by atoms with E-state index >= 15 is 0 Å². The Morgan fingerprint density at radius 3 is 2.38 bits per heavy atom. The van der Waals surface area contributed by atoms with E-state index in [4.69, 9.17) is 10.1 Å². The van der Waals surface area contributed by atoms with Crippen LogP contribution in [-0.2, 0) is 0 Å². The number of rotatable bonds is 9. The van der Waals surface area contributed by atoms with Crippen LogP contribution >= 0.6 is 0 Å². The van der Waals surface area contributed by atoms with Gasteiger partial charge in [-0.1, -0.05) is 55.8 Å². The van der Waals surface area contributed by atoms with Crippen molar-refractivity contribution in [2.45, 2.75) is 51.7 Å². The highest BCUT2D eigenvalue weighted by molar-refractivity contribution is 5.98. The maximum Gasteiger partial charge on any atom is 0.162 e. The van der Waals surface area contributed by atoms with E-state index in [9.17, 15) is 10.2 Å². The number of aromatic nitrogens is 2. The average Bonchev–Trinajstić information content (AvgIpc) is 2.77. The monoisotopic (exact) mass is 435 g/mol. The van der Waals surface area contributed by atoms with Crippen molar-refractivity contribution in [1.29, 1.82) is 0 Å². The Hall–Kier alpha value is -2.80. The van der Waals surface area contributed by atoms with Crippen molar-refractivity contribution in [2.24, 2.45) is 0 Å². The number of fused-ring (bicyclic) bond motifs is 1. The summed E-state index contributed by atoms with van der Waals surface area (Å²) < 4.78 is 0. The maximum atomic E-state index is 10.4. The molecule has 0 aliphatic heterocycles. The molecule has 2 aromatic heterocycles. The van der Waals surface area contributed by atoms with Crippen molar-refractivity contribution < 1.29 is 15.3 Å². The first kappa shape index (κ1) is 23.9. The number of hydrogen-bond donors (Lipinski definition) is 4. The Bertz CT molecular complexity index is 1080. The van der Waals surface area contributed by atoms with Crippen molar-refractivity contribution in [2.75, 3.05) is 19.0 Å². The second-order valence-electron chi connectivity index (χ2n) is 8.45. The standard InChI is InChI=1S/C26H33N3O3/c1-16(2)25-21(10-9-19(31)15-20(32)13-14-30)24(18-7-5-17(3)6-8-18)22-11-12-23(27-4)28-26(22)29-25/h5-12,16,19-20,30-32H,13-15H2,1-4H3,(H,27,28,29)/b10-9+. The molecule has 2 atom stereocenters. The fourth-order valence-corrected chi connectivity index (χ4v) is 3.79. The zero-order chi connectivity index (χ0) is 23.3. The third-order valence-electron chi connectivity index (χ3n) is 5.52. The fourth-order valence-electron chi connectivity index (χ4n) is 3.79. The van der Waals surface area contributed by atoms with Gasteiger partial charge in [-0.25, -0.2) is 9.97 Å². The van der Waals surface area contributed by atoms with Crippen molar-refractivity contribution in [3.8, 4) is 11.1 Å². The Kier molecular flexibility index (Phi) is 7.96. The molecule has 32 heavy (non-hydrogen) atoms. The second-order valence-corrected chi connectivity index (χ2v) is 8.45. The summed E-state index contributed by atoms with van der Waals surface area (Å²) in [7, 11) is 1.84. The predicted octanol–water partition coefficient (Wildman–Crippen LogP) is 4.28. The number of aryl methyl sites for hydroxylation is 1. The van der Waals surface area contributed by atoms with Crippen LogP contribution in [-0.4, -0.2) is 51.2 Å². The minimum atomic E-state index is -0.831. The highest BCUT2D eigenvalue weighted by Crippen LogP contribution is 2.36. The van der Waals surface area contributed by atoms with E-state index in [0.29, 0.717) is 5.65 Å². The number of pyridine rings is 2. The number of nitrogens with zero attached hydrogens (tertiary/aromatic N) is 2. The molecule has 4 N–H and O–H groups in total. The van der Waals surface area contributed by atoms with Gasteiger partial charge in [-0.2, -0.15) is 0 Å². The minimum absolute atomic E-state index is 0.108. The van der Waals surface area contributed by atoms with Crippen LogP contribution in [0.3, 0.4) is 0 Å². The molecule has 0 aliphatic carbocycles. The summed E-state index contributed by atoms with van der Waals surface area (Å²) in [6, 6.07) is 12.3. The molecular weight excluding hydrogens is 402 g/mol. The molecule has 0 saturated carbocycles. The molecule has 1 aromatic carbocycles. The van der Waals surface area contributed by atoms with Crippen LogP contribution < -0.4 is 5.32 Å². The molecule has 6 heteroatoms. The van der Waals surface area contributed by atoms with Gasteiger partial charge < -0.3 is 20.6 Å². The summed E-state index contributed by atoms with van der Waals surface area (Å²) in [6.45, 7) is 6.13. The molecule has 0 amide bonds. The van der Waals surface area contributed by atoms with Gasteiger partial charge in [0.2, 0.25) is 0 Å². The lowest BCUT2D eigenvalue weighted by atomic mass is 9.91. The second kappa shape index (κ2) is 10.7. The highest BCUT2D eigenvalue weighted by atomic mass is 16.3. The van der Waals surface area contributed by atoms with Crippen LogP contribution in [0.1, 0.15) is 49.4 Å². The molecule has 3 aromatic rings. The first-order valence-corrected chi connectivity index (χ1v) is 11.1. The molecule has 0 aliphatic rings. The van der Waals surface area contributed by atoms with Crippen molar-refractivity contribution in [1.82, 2.24) is 9.97 Å². The lowest BCUT2D eigenvalue weighted by molar-refractivity contribution is 0.0827. The Balaban J connectivity index is 2.20. The van der Waals surface area contributed by atoms with E-state index < -0.39 is 12.2 Å². The van der Waals surface area contributed by atoms with Gasteiger partial charge in [-0.15, -0.1) is 0 Å². The van der Waals surface area contributed by atoms with Gasteiger partial charge in [0.1, 0.15) is 5.82 Å². The highest BCUT2D eigenvalue weighted by Gasteiger charge is 2.19. The van der Waals surface area contributed by atoms with Gasteiger partial charge in [0.15, 0.2) is 5.65 Å². The molecule has 0 saturated heterocycles. The van der Waals surface area contributed by atoms with Crippen LogP contribution in [0.25, 0.3) is 28.2 Å². The third kappa shape index (κ3) is 5.51. The predicted molar refractivity (Wildman–Crippen MR) is 131 cm³/mol. The lowest BCUT2D eigenvalue weighted by Gasteiger charge is -2.18. The molecule has 0 bridgehead atoms. The quantitative estimate of drug-likeness (QED) is 0.401. The molecule has 170 valence electrons. The molecule has 0 radical (unpaired) electrons. The molecule has 2 unspecified atom stereocenters. The van der Waals surface area contributed by atoms with Gasteiger partial charge >= 0.3 is 0 Å². The number of anilines is 1. The zero-order valence-corrected chi connectivity index (χ0v) is 19.2. The van der Waals surface area contributed by atoms with Crippen molar-refractivity contribution in [3.05, 3.63) is 59.3 Å². The van der Waals surface area contributed by atoms with E-state index in [-0.39, 0.29) is 25.4 Å². The molecule has 2 heterocycles. The minimum Gasteiger partial charge on any atom is -0.396 e. The number of aliphatic hydroxyl groups is 3. The molecule has 0 fully saturated rings. The molecule has 0 spiro atoms. The van der Waals surface area contributed by atoms with Gasteiger partial charge in [0.25, 0.3) is 0 Å². The summed E-state index contributed by atoms with van der Waals surface area (Å²) >= 11 is 0. The Morgan fingerprint density at radius 2 is 1.75 bits per heavy atom. The Morgan fingerprint density at radius 1 is 1.03 bits per heavy atom. The van der Waals surface area contributed by atoms with Gasteiger partial charge in [-0.3, -0.25) is 0 Å². The SMILES string of the molecule is CNc1ccc2c(-c3ccc(C)cc3)c(/C=C/C(O)CC(O)CCO)c(C(C)C)nc2n1. The lowest BCUT2D eigenvalue weighted by Crippen LogP contribution is -2.17. The number of aliphatic hydroxyl groups excluding tert-OH is 3. The maximum absolute atomic E-state index is 10.4. The summed E-state index contributed by atoms with van der Waals surface area (Å²) in [5, 5.41) is 33.4. The van der Waals surface area contributed by atoms with Crippen molar-refractivity contribution >= 4 is 22.9 Å². The number of hydrogen-bond acceptors (Lipinski definition) is 6. The molecule has 3 rings (SSSR count). The normalized spacial score (nSPS) is 13.8. The first-order valence-electron chi connectivity index (χ1n) is 11.1. The van der Waals surface area contributed by atoms with Crippen LogP contribution in [0, 0.1) is 6.92 Å². The summed E-state index contributed by atoms with van der Waals surface area (Å²) in [5.41, 5.74) is 5.76. The summed E-state index contributed by atoms with van der Waals surface area (Å²) in [6.07, 6.45) is 2.43. The fraction of sp³-hybridized carbons (Fsp3) is 0.385. The van der Waals surface area contributed by atoms with E-state index in [1.807, 2.05) is 25.3 Å². The van der Waals surface area contributed by atoms with Crippen LogP contribution in [0.4, 0.5) is 5.82 Å². The smallest absolute Gasteiger partial charge is 0.162 e. The first-order chi connectivity index (χ1) is 15.3. The topological polar surface area (TPSA) is 98.5 Å². The largest absolute Gasteiger partial charge is 0.396 e. The third-order valence-corrected chi connectivity index (χ3v) is 5.52. The average molecular weight is 436 g/mol. The number of nitrogens with one attached hydrogen (secondary N) is 1. The van der Waals surface area contributed by atoms with Crippen LogP contribution in [0.2, 0.25) is 0 Å². The van der Waals surface area contributed by atoms with Gasteiger partial charge in [0.05, 0.1) is 17.9 Å². The van der Waals surface area contributed by atoms with Crippen LogP contribution in [0.5, 0.6) is 0 Å².